The first-order chi connectivity index (χ1) is 14.4. The van der Waals surface area contributed by atoms with Crippen molar-refractivity contribution in [2.75, 3.05) is 11.9 Å². The number of esters is 1. The molecule has 1 amide bonds. The Morgan fingerprint density at radius 3 is 2.73 bits per heavy atom. The summed E-state index contributed by atoms with van der Waals surface area (Å²) in [6, 6.07) is 11.2. The van der Waals surface area contributed by atoms with Gasteiger partial charge in [0.2, 0.25) is 11.7 Å². The fourth-order valence-corrected chi connectivity index (χ4v) is 2.90. The number of nitrogens with zero attached hydrogens (tertiary/aromatic N) is 3. The lowest BCUT2D eigenvalue weighted by Crippen LogP contribution is -2.22. The van der Waals surface area contributed by atoms with Gasteiger partial charge >= 0.3 is 5.97 Å². The van der Waals surface area contributed by atoms with Gasteiger partial charge in [0, 0.05) is 18.3 Å². The topological polar surface area (TPSA) is 107 Å². The lowest BCUT2D eigenvalue weighted by Gasteiger charge is -2.16. The summed E-state index contributed by atoms with van der Waals surface area (Å²) < 4.78 is 10.2. The number of carbonyl (C=O) groups is 2. The van der Waals surface area contributed by atoms with Crippen molar-refractivity contribution in [2.24, 2.45) is 0 Å². The molecule has 0 unspecified atom stereocenters. The second kappa shape index (κ2) is 9.78. The molecule has 0 radical (unpaired) electrons. The summed E-state index contributed by atoms with van der Waals surface area (Å²) >= 11 is 0. The number of nitrogens with one attached hydrogen (secondary N) is 1. The third kappa shape index (κ3) is 5.50. The Morgan fingerprint density at radius 1 is 1.17 bits per heavy atom. The molecule has 3 rings (SSSR count). The normalized spacial score (nSPS) is 10.8. The van der Waals surface area contributed by atoms with Crippen LogP contribution in [0.2, 0.25) is 0 Å². The highest BCUT2D eigenvalue weighted by Crippen LogP contribution is 2.27. The third-order valence-corrected chi connectivity index (χ3v) is 4.46. The number of hydrogen-bond donors (Lipinski definition) is 1. The quantitative estimate of drug-likeness (QED) is 0.567. The number of hydrogen-bond acceptors (Lipinski definition) is 7. The SMILES string of the molecule is Cc1cccc(C(C)C)c1NC(=O)COC(=O)CCc1nc(-c2ccccn2)no1. The molecule has 3 aromatic rings. The Morgan fingerprint density at radius 2 is 2.00 bits per heavy atom. The molecular formula is C22H24N4O4. The van der Waals surface area contributed by atoms with Crippen LogP contribution in [0.4, 0.5) is 5.69 Å². The van der Waals surface area contributed by atoms with E-state index in [2.05, 4.69) is 34.3 Å². The monoisotopic (exact) mass is 408 g/mol. The van der Waals surface area contributed by atoms with Crippen molar-refractivity contribution in [1.29, 1.82) is 0 Å². The van der Waals surface area contributed by atoms with E-state index in [9.17, 15) is 9.59 Å². The molecule has 0 fully saturated rings. The van der Waals surface area contributed by atoms with Crippen molar-refractivity contribution in [3.8, 4) is 11.5 Å². The zero-order valence-corrected chi connectivity index (χ0v) is 17.2. The fourth-order valence-electron chi connectivity index (χ4n) is 2.90. The van der Waals surface area contributed by atoms with Crippen LogP contribution < -0.4 is 5.32 Å². The number of benzene rings is 1. The number of aryl methyl sites for hydroxylation is 2. The van der Waals surface area contributed by atoms with Crippen molar-refractivity contribution >= 4 is 17.6 Å². The van der Waals surface area contributed by atoms with E-state index in [4.69, 9.17) is 9.26 Å². The summed E-state index contributed by atoms with van der Waals surface area (Å²) in [5.41, 5.74) is 3.35. The van der Waals surface area contributed by atoms with Crippen LogP contribution >= 0.6 is 0 Å². The van der Waals surface area contributed by atoms with E-state index in [1.807, 2.05) is 31.2 Å². The summed E-state index contributed by atoms with van der Waals surface area (Å²) in [6.07, 6.45) is 1.88. The smallest absolute Gasteiger partial charge is 0.306 e. The molecule has 8 heteroatoms. The second-order valence-electron chi connectivity index (χ2n) is 7.13. The number of amides is 1. The van der Waals surface area contributed by atoms with Crippen LogP contribution in [0.3, 0.4) is 0 Å². The van der Waals surface area contributed by atoms with Gasteiger partial charge in [0.25, 0.3) is 5.91 Å². The number of rotatable bonds is 8. The molecule has 156 valence electrons. The van der Waals surface area contributed by atoms with Gasteiger partial charge in [-0.2, -0.15) is 4.98 Å². The van der Waals surface area contributed by atoms with Crippen LogP contribution in [0.1, 0.15) is 43.2 Å². The van der Waals surface area contributed by atoms with E-state index < -0.39 is 5.97 Å². The summed E-state index contributed by atoms with van der Waals surface area (Å²) in [5, 5.41) is 6.70. The minimum atomic E-state index is -0.517. The lowest BCUT2D eigenvalue weighted by molar-refractivity contribution is -0.147. The Balaban J connectivity index is 1.47. The van der Waals surface area contributed by atoms with Gasteiger partial charge in [0.1, 0.15) is 5.69 Å². The standard InChI is InChI=1S/C22H24N4O4/c1-14(2)16-8-6-7-15(3)21(16)24-18(27)13-29-20(28)11-10-19-25-22(26-30-19)17-9-4-5-12-23-17/h4-9,12,14H,10-11,13H2,1-3H3,(H,24,27). The van der Waals surface area contributed by atoms with Crippen LogP contribution in [0.5, 0.6) is 0 Å². The summed E-state index contributed by atoms with van der Waals surface area (Å²) in [4.78, 5) is 32.6. The highest BCUT2D eigenvalue weighted by Gasteiger charge is 2.15. The van der Waals surface area contributed by atoms with Gasteiger partial charge in [0.05, 0.1) is 6.42 Å². The van der Waals surface area contributed by atoms with Crippen LogP contribution in [-0.2, 0) is 20.7 Å². The largest absolute Gasteiger partial charge is 0.456 e. The van der Waals surface area contributed by atoms with E-state index in [0.29, 0.717) is 17.4 Å². The number of anilines is 1. The van der Waals surface area contributed by atoms with Crippen molar-refractivity contribution in [2.45, 2.75) is 39.5 Å². The van der Waals surface area contributed by atoms with Gasteiger partial charge in [-0.1, -0.05) is 43.3 Å². The first kappa shape index (κ1) is 21.2. The average molecular weight is 408 g/mol. The van der Waals surface area contributed by atoms with Crippen LogP contribution in [0.25, 0.3) is 11.5 Å². The minimum Gasteiger partial charge on any atom is -0.456 e. The predicted octanol–water partition coefficient (Wildman–Crippen LogP) is 3.68. The van der Waals surface area contributed by atoms with E-state index in [1.54, 1.807) is 18.3 Å². The molecule has 30 heavy (non-hydrogen) atoms. The molecule has 0 saturated heterocycles. The highest BCUT2D eigenvalue weighted by atomic mass is 16.5. The Labute approximate surface area is 174 Å². The van der Waals surface area contributed by atoms with Crippen LogP contribution in [0, 0.1) is 6.92 Å². The number of carbonyl (C=O) groups excluding carboxylic acids is 2. The molecule has 2 aromatic heterocycles. The summed E-state index contributed by atoms with van der Waals surface area (Å²) in [6.45, 7) is 5.69. The van der Waals surface area contributed by atoms with E-state index in [-0.39, 0.29) is 31.3 Å². The predicted molar refractivity (Wildman–Crippen MR) is 111 cm³/mol. The zero-order chi connectivity index (χ0) is 21.5. The van der Waals surface area contributed by atoms with Crippen molar-refractivity contribution in [3.63, 3.8) is 0 Å². The number of para-hydroxylation sites is 1. The van der Waals surface area contributed by atoms with Gasteiger partial charge in [-0.3, -0.25) is 14.6 Å². The van der Waals surface area contributed by atoms with Crippen LogP contribution in [0.15, 0.2) is 47.1 Å². The van der Waals surface area contributed by atoms with E-state index in [0.717, 1.165) is 16.8 Å². The molecular weight excluding hydrogens is 384 g/mol. The Bertz CT molecular complexity index is 1010. The van der Waals surface area contributed by atoms with Crippen molar-refractivity contribution < 1.29 is 18.8 Å². The summed E-state index contributed by atoms with van der Waals surface area (Å²) in [5.74, 6) is 0.0237. The molecule has 1 aromatic carbocycles. The molecule has 0 aliphatic heterocycles. The molecule has 2 heterocycles. The molecule has 0 atom stereocenters. The fraction of sp³-hybridized carbons (Fsp3) is 0.318. The maximum absolute atomic E-state index is 12.2. The van der Waals surface area contributed by atoms with Crippen molar-refractivity contribution in [3.05, 3.63) is 59.6 Å². The van der Waals surface area contributed by atoms with Gasteiger partial charge in [-0.25, -0.2) is 0 Å². The molecule has 0 bridgehead atoms. The third-order valence-electron chi connectivity index (χ3n) is 4.46. The maximum Gasteiger partial charge on any atom is 0.306 e. The van der Waals surface area contributed by atoms with Gasteiger partial charge < -0.3 is 14.6 Å². The maximum atomic E-state index is 12.2. The lowest BCUT2D eigenvalue weighted by atomic mass is 9.98. The van der Waals surface area contributed by atoms with Crippen LogP contribution in [-0.4, -0.2) is 33.6 Å². The zero-order valence-electron chi connectivity index (χ0n) is 17.2. The number of pyridine rings is 1. The molecule has 0 aliphatic rings. The average Bonchev–Trinajstić information content (AvgIpc) is 3.22. The Hall–Kier alpha value is -3.55. The molecule has 0 saturated carbocycles. The Kier molecular flexibility index (Phi) is 6.90. The first-order valence-electron chi connectivity index (χ1n) is 9.73. The summed E-state index contributed by atoms with van der Waals surface area (Å²) in [7, 11) is 0. The molecule has 1 N–H and O–H groups in total. The first-order valence-corrected chi connectivity index (χ1v) is 9.73. The number of ether oxygens (including phenoxy) is 1. The van der Waals surface area contributed by atoms with E-state index >= 15 is 0 Å². The second-order valence-corrected chi connectivity index (χ2v) is 7.13. The van der Waals surface area contributed by atoms with Crippen molar-refractivity contribution in [1.82, 2.24) is 15.1 Å². The molecule has 8 nitrogen and oxygen atoms in total. The highest BCUT2D eigenvalue weighted by molar-refractivity contribution is 5.94. The van der Waals surface area contributed by atoms with Gasteiger partial charge in [-0.15, -0.1) is 0 Å². The van der Waals surface area contributed by atoms with Gasteiger partial charge in [-0.05, 0) is 36.1 Å². The van der Waals surface area contributed by atoms with Gasteiger partial charge in [0.15, 0.2) is 6.61 Å². The molecule has 0 spiro atoms. The molecule has 0 aliphatic carbocycles. The van der Waals surface area contributed by atoms with E-state index in [1.165, 1.54) is 0 Å². The number of aromatic nitrogens is 3. The minimum absolute atomic E-state index is 0.0265.